The van der Waals surface area contributed by atoms with Gasteiger partial charge in [-0.1, -0.05) is 18.2 Å². The first-order valence-electron chi connectivity index (χ1n) is 13.7. The number of fused-ring (bicyclic) bond motifs is 2. The van der Waals surface area contributed by atoms with Gasteiger partial charge >= 0.3 is 0 Å². The summed E-state index contributed by atoms with van der Waals surface area (Å²) in [5.41, 5.74) is 7.78. The molecule has 2 N–H and O–H groups in total. The van der Waals surface area contributed by atoms with E-state index in [1.807, 2.05) is 55.5 Å². The molecule has 12 heteroatoms. The molecule has 3 aliphatic heterocycles. The maximum absolute atomic E-state index is 13.3. The molecule has 7 rings (SSSR count). The highest BCUT2D eigenvalue weighted by molar-refractivity contribution is 6.23. The predicted molar refractivity (Wildman–Crippen MR) is 154 cm³/mol. The molecule has 12 nitrogen and oxygen atoms in total. The van der Waals surface area contributed by atoms with Crippen LogP contribution in [0.15, 0.2) is 72.0 Å². The predicted octanol–water partition coefficient (Wildman–Crippen LogP) is 2.73. The smallest absolute Gasteiger partial charge is 0.262 e. The molecule has 4 aromatic rings. The third kappa shape index (κ3) is 4.19. The van der Waals surface area contributed by atoms with Crippen molar-refractivity contribution < 1.29 is 19.2 Å². The minimum Gasteiger partial charge on any atom is -0.367 e. The lowest BCUT2D eigenvalue weighted by Gasteiger charge is -2.42. The standard InChI is InChI=1S/C30H26N8O4/c1-17(22-6-4-5-13-31-22)34-35-30-32-23-7-2-3-8-24(23)37(30)19-15-36(16-19)18-9-10-20-21(14-18)29(42)38(28(20)41)25-11-12-26(39)33-27(25)40/h2-10,13-14,19,25H,11-12,15-16H2,1H3,(H,32,35)(H,33,39,40)/b34-17+. The minimum atomic E-state index is -0.989. The van der Waals surface area contributed by atoms with Crippen molar-refractivity contribution in [2.24, 2.45) is 5.10 Å². The van der Waals surface area contributed by atoms with E-state index >= 15 is 0 Å². The molecule has 0 spiro atoms. The molecule has 2 fully saturated rings. The first kappa shape index (κ1) is 25.6. The van der Waals surface area contributed by atoms with Crippen LogP contribution >= 0.6 is 0 Å². The lowest BCUT2D eigenvalue weighted by molar-refractivity contribution is -0.136. The summed E-state index contributed by atoms with van der Waals surface area (Å²) < 4.78 is 2.13. The van der Waals surface area contributed by atoms with Gasteiger partial charge in [-0.25, -0.2) is 10.4 Å². The monoisotopic (exact) mass is 562 g/mol. The lowest BCUT2D eigenvalue weighted by Crippen LogP contribution is -2.54. The van der Waals surface area contributed by atoms with Gasteiger partial charge in [-0.15, -0.1) is 0 Å². The minimum absolute atomic E-state index is 0.0795. The second-order valence-electron chi connectivity index (χ2n) is 10.6. The van der Waals surface area contributed by atoms with Crippen molar-refractivity contribution in [1.82, 2.24) is 24.8 Å². The number of hydrogen-bond acceptors (Lipinski definition) is 9. The number of hydrogen-bond donors (Lipinski definition) is 2. The Kier molecular flexibility index (Phi) is 6.03. The van der Waals surface area contributed by atoms with Gasteiger partial charge in [0.25, 0.3) is 11.8 Å². The van der Waals surface area contributed by atoms with E-state index in [0.29, 0.717) is 19.0 Å². The van der Waals surface area contributed by atoms with E-state index < -0.39 is 29.7 Å². The summed E-state index contributed by atoms with van der Waals surface area (Å²) in [5, 5.41) is 6.76. The van der Waals surface area contributed by atoms with Crippen molar-refractivity contribution in [1.29, 1.82) is 0 Å². The molecule has 1 atom stereocenters. The average molecular weight is 563 g/mol. The van der Waals surface area contributed by atoms with E-state index in [2.05, 4.69) is 30.3 Å². The molecule has 2 aromatic carbocycles. The van der Waals surface area contributed by atoms with Crippen molar-refractivity contribution in [2.45, 2.75) is 31.8 Å². The van der Waals surface area contributed by atoms with Crippen LogP contribution in [0, 0.1) is 0 Å². The lowest BCUT2D eigenvalue weighted by atomic mass is 10.0. The second-order valence-corrected chi connectivity index (χ2v) is 10.6. The molecule has 3 aliphatic rings. The molecule has 210 valence electrons. The SMILES string of the molecule is C/C(=N\Nc1nc2ccccc2n1C1CN(c2ccc3c(c2)C(=O)N(C2CCC(=O)NC2=O)C3=O)C1)c1ccccn1. The number of nitrogens with zero attached hydrogens (tertiary/aromatic N) is 6. The van der Waals surface area contributed by atoms with Crippen LogP contribution in [-0.2, 0) is 9.59 Å². The van der Waals surface area contributed by atoms with Gasteiger partial charge < -0.3 is 9.47 Å². The Hall–Kier alpha value is -5.39. The van der Waals surface area contributed by atoms with Gasteiger partial charge in [-0.3, -0.25) is 34.4 Å². The third-order valence-electron chi connectivity index (χ3n) is 7.97. The number of benzene rings is 2. The molecule has 4 amide bonds. The Bertz CT molecular complexity index is 1810. The Labute approximate surface area is 240 Å². The number of piperidine rings is 1. The van der Waals surface area contributed by atoms with Gasteiger partial charge in [0.2, 0.25) is 17.8 Å². The van der Waals surface area contributed by atoms with E-state index in [1.165, 1.54) is 0 Å². The number of imide groups is 2. The van der Waals surface area contributed by atoms with Crippen molar-refractivity contribution in [3.63, 3.8) is 0 Å². The zero-order valence-electron chi connectivity index (χ0n) is 22.7. The molecular formula is C30H26N8O4. The largest absolute Gasteiger partial charge is 0.367 e. The van der Waals surface area contributed by atoms with E-state index in [9.17, 15) is 19.2 Å². The number of pyridine rings is 1. The van der Waals surface area contributed by atoms with E-state index in [1.54, 1.807) is 18.3 Å². The summed E-state index contributed by atoms with van der Waals surface area (Å²) in [6.07, 6.45) is 1.93. The average Bonchev–Trinajstić information content (AvgIpc) is 3.46. The Morgan fingerprint density at radius 2 is 1.76 bits per heavy atom. The molecule has 1 unspecified atom stereocenters. The van der Waals surface area contributed by atoms with Gasteiger partial charge in [0.1, 0.15) is 6.04 Å². The van der Waals surface area contributed by atoms with E-state index in [4.69, 9.17) is 4.98 Å². The maximum atomic E-state index is 13.3. The van der Waals surface area contributed by atoms with Crippen LogP contribution in [0.2, 0.25) is 0 Å². The fraction of sp³-hybridized carbons (Fsp3) is 0.233. The molecule has 2 aromatic heterocycles. The summed E-state index contributed by atoms with van der Waals surface area (Å²) >= 11 is 0. The van der Waals surface area contributed by atoms with Crippen LogP contribution < -0.4 is 15.6 Å². The molecule has 2 saturated heterocycles. The highest BCUT2D eigenvalue weighted by Crippen LogP contribution is 2.36. The molecule has 0 aliphatic carbocycles. The Balaban J connectivity index is 1.11. The normalized spacial score (nSPS) is 19.3. The number of aromatic nitrogens is 3. The van der Waals surface area contributed by atoms with Gasteiger partial charge in [0.15, 0.2) is 0 Å². The Morgan fingerprint density at radius 3 is 2.55 bits per heavy atom. The highest BCUT2D eigenvalue weighted by atomic mass is 16.2. The van der Waals surface area contributed by atoms with Crippen LogP contribution in [0.3, 0.4) is 0 Å². The van der Waals surface area contributed by atoms with E-state index in [0.717, 1.165) is 33.0 Å². The zero-order chi connectivity index (χ0) is 29.0. The Morgan fingerprint density at radius 1 is 0.976 bits per heavy atom. The van der Waals surface area contributed by atoms with Crippen molar-refractivity contribution in [3.8, 4) is 0 Å². The molecule has 0 radical (unpaired) electrons. The summed E-state index contributed by atoms with van der Waals surface area (Å²) in [5.74, 6) is -1.44. The van der Waals surface area contributed by atoms with Gasteiger partial charge in [0, 0.05) is 31.4 Å². The van der Waals surface area contributed by atoms with Gasteiger partial charge in [-0.05, 0) is 55.8 Å². The van der Waals surface area contributed by atoms with Gasteiger partial charge in [-0.2, -0.15) is 5.10 Å². The van der Waals surface area contributed by atoms with Crippen molar-refractivity contribution >= 4 is 52.0 Å². The summed E-state index contributed by atoms with van der Waals surface area (Å²) in [6.45, 7) is 3.18. The maximum Gasteiger partial charge on any atom is 0.262 e. The van der Waals surface area contributed by atoms with Crippen molar-refractivity contribution in [2.75, 3.05) is 23.4 Å². The molecule has 5 heterocycles. The highest BCUT2D eigenvalue weighted by Gasteiger charge is 2.45. The number of nitrogens with one attached hydrogen (secondary N) is 2. The number of anilines is 2. The van der Waals surface area contributed by atoms with Crippen LogP contribution in [0.5, 0.6) is 0 Å². The number of para-hydroxylation sites is 2. The van der Waals surface area contributed by atoms with Crippen LogP contribution in [0.25, 0.3) is 11.0 Å². The molecule has 0 bridgehead atoms. The number of carbonyl (C=O) groups excluding carboxylic acids is 4. The molecule has 0 saturated carbocycles. The number of carbonyl (C=O) groups is 4. The summed E-state index contributed by atoms with van der Waals surface area (Å²) in [7, 11) is 0. The van der Waals surface area contributed by atoms with Crippen LogP contribution in [-0.4, -0.2) is 67.9 Å². The zero-order valence-corrected chi connectivity index (χ0v) is 22.7. The third-order valence-corrected chi connectivity index (χ3v) is 7.97. The fourth-order valence-corrected chi connectivity index (χ4v) is 5.75. The number of rotatable bonds is 6. The second kappa shape index (κ2) is 9.91. The summed E-state index contributed by atoms with van der Waals surface area (Å²) in [4.78, 5) is 62.5. The topological polar surface area (TPSA) is 142 Å². The first-order valence-corrected chi connectivity index (χ1v) is 13.7. The molecular weight excluding hydrogens is 536 g/mol. The number of hydrazone groups is 1. The molecule has 42 heavy (non-hydrogen) atoms. The fourth-order valence-electron chi connectivity index (χ4n) is 5.75. The van der Waals surface area contributed by atoms with Crippen LogP contribution in [0.4, 0.5) is 11.6 Å². The first-order chi connectivity index (χ1) is 20.4. The number of amides is 4. The quantitative estimate of drug-likeness (QED) is 0.208. The van der Waals surface area contributed by atoms with Crippen LogP contribution in [0.1, 0.15) is 52.2 Å². The van der Waals surface area contributed by atoms with Gasteiger partial charge in [0.05, 0.1) is 39.6 Å². The summed E-state index contributed by atoms with van der Waals surface area (Å²) in [6, 6.07) is 17.8. The number of imidazole rings is 1. The van der Waals surface area contributed by atoms with Crippen molar-refractivity contribution in [3.05, 3.63) is 83.7 Å². The van der Waals surface area contributed by atoms with E-state index in [-0.39, 0.29) is 30.0 Å².